The lowest BCUT2D eigenvalue weighted by molar-refractivity contribution is -0.114. The monoisotopic (exact) mass is 474 g/mol. The summed E-state index contributed by atoms with van der Waals surface area (Å²) >= 11 is 0. The number of hydrogen-bond donors (Lipinski definition) is 1. The maximum Gasteiger partial charge on any atom is 0.280 e. The van der Waals surface area contributed by atoms with E-state index in [1.807, 2.05) is 19.1 Å². The molecule has 0 spiro atoms. The van der Waals surface area contributed by atoms with Gasteiger partial charge in [0.2, 0.25) is 0 Å². The zero-order valence-corrected chi connectivity index (χ0v) is 20.5. The predicted octanol–water partition coefficient (Wildman–Crippen LogP) is 4.72. The summed E-state index contributed by atoms with van der Waals surface area (Å²) in [5, 5.41) is 9.24. The first-order chi connectivity index (χ1) is 17.0. The molecule has 0 saturated carbocycles. The molecule has 1 amide bonds. The molecule has 0 fully saturated rings. The van der Waals surface area contributed by atoms with Gasteiger partial charge in [-0.05, 0) is 67.4 Å². The Bertz CT molecular complexity index is 1310. The molecule has 8 nitrogen and oxygen atoms in total. The van der Waals surface area contributed by atoms with E-state index in [4.69, 9.17) is 9.47 Å². The number of hydrazone groups is 1. The van der Waals surface area contributed by atoms with Crippen LogP contribution in [0.5, 0.6) is 11.5 Å². The van der Waals surface area contributed by atoms with Crippen LogP contribution in [0.25, 0.3) is 11.8 Å². The number of ether oxygens (including phenoxy) is 2. The quantitative estimate of drug-likeness (QED) is 0.455. The number of methoxy groups -OCH3 is 2. The van der Waals surface area contributed by atoms with E-state index in [9.17, 15) is 9.59 Å². The zero-order chi connectivity index (χ0) is 24.9. The highest BCUT2D eigenvalue weighted by Crippen LogP contribution is 2.28. The number of H-pyrrole nitrogens is 1. The molecule has 182 valence electrons. The van der Waals surface area contributed by atoms with Crippen LogP contribution in [0.2, 0.25) is 0 Å². The number of carbonyl (C=O) groups is 1. The van der Waals surface area contributed by atoms with Crippen molar-refractivity contribution in [2.24, 2.45) is 5.10 Å². The second-order valence-electron chi connectivity index (χ2n) is 8.26. The molecule has 3 aromatic rings. The normalized spacial score (nSPS) is 14.5. The SMILES string of the molecule is CCCC1=NN(c2ccc(OC)cc2)C(=O)/C1=C\c1c(CCC)[nH]n(-c2ccc(OC)cc2)c1=O. The molecule has 8 heteroatoms. The van der Waals surface area contributed by atoms with Gasteiger partial charge in [-0.25, -0.2) is 4.68 Å². The van der Waals surface area contributed by atoms with Crippen molar-refractivity contribution in [3.63, 3.8) is 0 Å². The van der Waals surface area contributed by atoms with Gasteiger partial charge in [-0.2, -0.15) is 10.1 Å². The molecule has 0 radical (unpaired) electrons. The van der Waals surface area contributed by atoms with Gasteiger partial charge in [0.25, 0.3) is 11.5 Å². The number of amides is 1. The topological polar surface area (TPSA) is 88.9 Å². The molecule has 0 aliphatic carbocycles. The fourth-order valence-corrected chi connectivity index (χ4v) is 4.06. The molecule has 2 aromatic carbocycles. The number of aryl methyl sites for hydroxylation is 1. The predicted molar refractivity (Wildman–Crippen MR) is 138 cm³/mol. The van der Waals surface area contributed by atoms with E-state index in [1.165, 1.54) is 9.69 Å². The zero-order valence-electron chi connectivity index (χ0n) is 20.5. The van der Waals surface area contributed by atoms with E-state index in [0.717, 1.165) is 18.5 Å². The third-order valence-corrected chi connectivity index (χ3v) is 5.88. The summed E-state index contributed by atoms with van der Waals surface area (Å²) in [5.41, 5.74) is 3.51. The van der Waals surface area contributed by atoms with Gasteiger partial charge in [0.05, 0.1) is 42.4 Å². The van der Waals surface area contributed by atoms with E-state index < -0.39 is 0 Å². The van der Waals surface area contributed by atoms with Crippen molar-refractivity contribution < 1.29 is 14.3 Å². The van der Waals surface area contributed by atoms with Gasteiger partial charge < -0.3 is 9.47 Å². The molecule has 4 rings (SSSR count). The van der Waals surface area contributed by atoms with Crippen LogP contribution in [0, 0.1) is 0 Å². The number of carbonyl (C=O) groups excluding carboxylic acids is 1. The molecule has 35 heavy (non-hydrogen) atoms. The Morgan fingerprint density at radius 3 is 1.97 bits per heavy atom. The summed E-state index contributed by atoms with van der Waals surface area (Å²) in [5.74, 6) is 1.15. The van der Waals surface area contributed by atoms with E-state index >= 15 is 0 Å². The maximum atomic E-state index is 13.5. The minimum atomic E-state index is -0.252. The Morgan fingerprint density at radius 1 is 0.857 bits per heavy atom. The summed E-state index contributed by atoms with van der Waals surface area (Å²) in [4.78, 5) is 26.9. The van der Waals surface area contributed by atoms with Gasteiger partial charge in [-0.15, -0.1) is 0 Å². The van der Waals surface area contributed by atoms with E-state index in [1.54, 1.807) is 56.7 Å². The van der Waals surface area contributed by atoms with Crippen LogP contribution >= 0.6 is 0 Å². The highest BCUT2D eigenvalue weighted by molar-refractivity contribution is 6.32. The minimum absolute atomic E-state index is 0.210. The van der Waals surface area contributed by atoms with Crippen LogP contribution in [0.1, 0.15) is 44.4 Å². The van der Waals surface area contributed by atoms with Crippen molar-refractivity contribution in [3.05, 3.63) is 75.7 Å². The van der Waals surface area contributed by atoms with Crippen LogP contribution in [-0.2, 0) is 11.2 Å². The summed E-state index contributed by atoms with van der Waals surface area (Å²) in [6.45, 7) is 4.09. The number of aromatic nitrogens is 2. The van der Waals surface area contributed by atoms with Crippen LogP contribution in [0.3, 0.4) is 0 Å². The third kappa shape index (κ3) is 4.77. The fourth-order valence-electron chi connectivity index (χ4n) is 4.06. The van der Waals surface area contributed by atoms with Crippen LogP contribution in [0.15, 0.2) is 64.0 Å². The van der Waals surface area contributed by atoms with Crippen LogP contribution in [0.4, 0.5) is 5.69 Å². The first-order valence-corrected chi connectivity index (χ1v) is 11.8. The van der Waals surface area contributed by atoms with Crippen LogP contribution in [-0.4, -0.2) is 35.6 Å². The molecule has 1 N–H and O–H groups in total. The van der Waals surface area contributed by atoms with Crippen molar-refractivity contribution in [1.29, 1.82) is 0 Å². The second-order valence-corrected chi connectivity index (χ2v) is 8.26. The lowest BCUT2D eigenvalue weighted by Gasteiger charge is -2.12. The van der Waals surface area contributed by atoms with Gasteiger partial charge in [-0.1, -0.05) is 26.7 Å². The Labute approximate surface area is 204 Å². The fraction of sp³-hybridized carbons (Fsp3) is 0.296. The van der Waals surface area contributed by atoms with Crippen molar-refractivity contribution in [1.82, 2.24) is 9.78 Å². The summed E-state index contributed by atoms with van der Waals surface area (Å²) < 4.78 is 12.0. The first kappa shape index (κ1) is 24.1. The number of rotatable bonds is 9. The van der Waals surface area contributed by atoms with E-state index in [-0.39, 0.29) is 11.5 Å². The highest BCUT2D eigenvalue weighted by Gasteiger charge is 2.31. The highest BCUT2D eigenvalue weighted by atomic mass is 16.5. The average Bonchev–Trinajstić information content (AvgIpc) is 3.36. The molecular formula is C27H30N4O4. The number of benzene rings is 2. The van der Waals surface area contributed by atoms with Crippen molar-refractivity contribution in [2.75, 3.05) is 19.2 Å². The van der Waals surface area contributed by atoms with Crippen molar-refractivity contribution in [3.8, 4) is 17.2 Å². The number of hydrogen-bond acceptors (Lipinski definition) is 5. The molecule has 1 aliphatic rings. The van der Waals surface area contributed by atoms with E-state index in [0.29, 0.717) is 52.6 Å². The lowest BCUT2D eigenvalue weighted by Crippen LogP contribution is -2.22. The molecule has 0 bridgehead atoms. The van der Waals surface area contributed by atoms with Gasteiger partial charge in [-0.3, -0.25) is 14.7 Å². The molecule has 0 atom stereocenters. The van der Waals surface area contributed by atoms with Crippen molar-refractivity contribution in [2.45, 2.75) is 39.5 Å². The molecule has 1 aromatic heterocycles. The average molecular weight is 475 g/mol. The number of nitrogens with one attached hydrogen (secondary N) is 1. The Hall–Kier alpha value is -4.07. The molecule has 0 unspecified atom stereocenters. The summed E-state index contributed by atoms with van der Waals surface area (Å²) in [6.07, 6.45) is 4.67. The Morgan fingerprint density at radius 2 is 1.43 bits per heavy atom. The largest absolute Gasteiger partial charge is 0.497 e. The third-order valence-electron chi connectivity index (χ3n) is 5.88. The van der Waals surface area contributed by atoms with Crippen molar-refractivity contribution >= 4 is 23.4 Å². The first-order valence-electron chi connectivity index (χ1n) is 11.8. The van der Waals surface area contributed by atoms with Gasteiger partial charge >= 0.3 is 0 Å². The molecule has 2 heterocycles. The number of nitrogens with zero attached hydrogens (tertiary/aromatic N) is 3. The summed E-state index contributed by atoms with van der Waals surface area (Å²) in [7, 11) is 3.20. The Kier molecular flexibility index (Phi) is 7.19. The maximum absolute atomic E-state index is 13.5. The molecular weight excluding hydrogens is 444 g/mol. The van der Waals surface area contributed by atoms with Gasteiger partial charge in [0, 0.05) is 5.69 Å². The summed E-state index contributed by atoms with van der Waals surface area (Å²) in [6, 6.07) is 14.4. The van der Waals surface area contributed by atoms with Gasteiger partial charge in [0.15, 0.2) is 0 Å². The number of anilines is 1. The smallest absolute Gasteiger partial charge is 0.280 e. The Balaban J connectivity index is 1.77. The molecule has 1 aliphatic heterocycles. The molecule has 0 saturated heterocycles. The number of aromatic amines is 1. The second kappa shape index (κ2) is 10.5. The minimum Gasteiger partial charge on any atom is -0.497 e. The van der Waals surface area contributed by atoms with Crippen LogP contribution < -0.4 is 20.0 Å². The standard InChI is InChI=1S/C27H30N4O4/c1-5-7-24-22(26(32)30(28-24)18-9-13-20(34-3)14-10-18)17-23-25(8-6-2)29-31(27(23)33)19-11-15-21(35-4)16-12-19/h9-17,28H,5-8H2,1-4H3/b23-17-. The van der Waals surface area contributed by atoms with Gasteiger partial charge in [0.1, 0.15) is 11.5 Å². The van der Waals surface area contributed by atoms with E-state index in [2.05, 4.69) is 17.1 Å². The lowest BCUT2D eigenvalue weighted by atomic mass is 10.0.